The highest BCUT2D eigenvalue weighted by Gasteiger charge is 2.10. The number of rotatable bonds is 1. The molecule has 12 heavy (non-hydrogen) atoms. The summed E-state index contributed by atoms with van der Waals surface area (Å²) in [6, 6.07) is 2.01. The van der Waals surface area contributed by atoms with E-state index >= 15 is 0 Å². The minimum absolute atomic E-state index is 0.804. The normalized spacial score (nSPS) is 18.2. The van der Waals surface area contributed by atoms with E-state index in [-0.39, 0.29) is 0 Å². The summed E-state index contributed by atoms with van der Waals surface area (Å²) >= 11 is 0. The summed E-state index contributed by atoms with van der Waals surface area (Å²) in [4.78, 5) is 1.90. The number of morpholine rings is 1. The summed E-state index contributed by atoms with van der Waals surface area (Å²) in [5.41, 5.74) is 1.06. The molecule has 0 unspecified atom stereocenters. The summed E-state index contributed by atoms with van der Waals surface area (Å²) in [5, 5.41) is 6.50. The molecule has 0 radical (unpaired) electrons. The molecule has 1 aliphatic heterocycles. The van der Waals surface area contributed by atoms with Crippen molar-refractivity contribution < 1.29 is 4.74 Å². The van der Waals surface area contributed by atoms with E-state index in [0.29, 0.717) is 0 Å². The van der Waals surface area contributed by atoms with Crippen LogP contribution >= 0.6 is 0 Å². The Kier molecular flexibility index (Phi) is 1.99. The summed E-state index contributed by atoms with van der Waals surface area (Å²) in [5.74, 6) is 0. The van der Waals surface area contributed by atoms with Crippen molar-refractivity contribution in [3.63, 3.8) is 0 Å². The predicted molar refractivity (Wildman–Crippen MR) is 45.7 cm³/mol. The van der Waals surface area contributed by atoms with Crippen molar-refractivity contribution in [3.05, 3.63) is 18.0 Å². The highest BCUT2D eigenvalue weighted by Crippen LogP contribution is 1.98. The summed E-state index contributed by atoms with van der Waals surface area (Å²) in [6.45, 7) is 5.47. The van der Waals surface area contributed by atoms with Crippen molar-refractivity contribution >= 4 is 0 Å². The highest BCUT2D eigenvalue weighted by atomic mass is 16.5. The van der Waals surface area contributed by atoms with E-state index in [1.54, 1.807) is 0 Å². The van der Waals surface area contributed by atoms with E-state index in [1.165, 1.54) is 0 Å². The molecule has 0 bridgehead atoms. The molecule has 0 atom stereocenters. The van der Waals surface area contributed by atoms with Crippen molar-refractivity contribution in [2.45, 2.75) is 6.92 Å². The van der Waals surface area contributed by atoms with Crippen molar-refractivity contribution in [1.29, 1.82) is 0 Å². The minimum atomic E-state index is 0.804. The first-order valence-electron chi connectivity index (χ1n) is 4.21. The maximum atomic E-state index is 5.25. The van der Waals surface area contributed by atoms with Gasteiger partial charge in [0.1, 0.15) is 0 Å². The van der Waals surface area contributed by atoms with E-state index in [2.05, 4.69) is 10.1 Å². The Hall–Kier alpha value is -1.03. The van der Waals surface area contributed by atoms with Crippen LogP contribution in [0.5, 0.6) is 0 Å². The number of aromatic nitrogens is 2. The van der Waals surface area contributed by atoms with Gasteiger partial charge in [0, 0.05) is 6.20 Å². The fourth-order valence-electron chi connectivity index (χ4n) is 1.32. The summed E-state index contributed by atoms with van der Waals surface area (Å²) in [7, 11) is 0. The van der Waals surface area contributed by atoms with Gasteiger partial charge in [-0.25, -0.2) is 0 Å². The Morgan fingerprint density at radius 2 is 2.17 bits per heavy atom. The smallest absolute Gasteiger partial charge is 0.0659 e. The van der Waals surface area contributed by atoms with Crippen LogP contribution in [-0.2, 0) is 4.74 Å². The monoisotopic (exact) mass is 167 g/mol. The Morgan fingerprint density at radius 1 is 1.42 bits per heavy atom. The fraction of sp³-hybridized carbons (Fsp3) is 0.625. The molecule has 0 saturated carbocycles. The number of ether oxygens (including phenoxy) is 1. The van der Waals surface area contributed by atoms with E-state index in [9.17, 15) is 0 Å². The molecule has 1 fully saturated rings. The van der Waals surface area contributed by atoms with E-state index < -0.39 is 0 Å². The molecule has 4 nitrogen and oxygen atoms in total. The molecule has 0 aliphatic carbocycles. The van der Waals surface area contributed by atoms with Gasteiger partial charge in [0.25, 0.3) is 0 Å². The van der Waals surface area contributed by atoms with Crippen LogP contribution in [0.2, 0.25) is 0 Å². The first-order valence-corrected chi connectivity index (χ1v) is 4.21. The molecule has 0 spiro atoms. The number of hydrogen-bond donors (Lipinski definition) is 0. The van der Waals surface area contributed by atoms with Crippen LogP contribution in [0.1, 0.15) is 5.69 Å². The second-order valence-corrected chi connectivity index (χ2v) is 2.94. The first-order chi connectivity index (χ1) is 5.86. The highest BCUT2D eigenvalue weighted by molar-refractivity contribution is 4.98. The van der Waals surface area contributed by atoms with Gasteiger partial charge in [0.2, 0.25) is 0 Å². The van der Waals surface area contributed by atoms with E-state index in [4.69, 9.17) is 4.74 Å². The zero-order valence-corrected chi connectivity index (χ0v) is 7.23. The lowest BCUT2D eigenvalue weighted by Gasteiger charge is -2.28. The van der Waals surface area contributed by atoms with Gasteiger partial charge in [-0.1, -0.05) is 0 Å². The first kappa shape index (κ1) is 7.61. The molecule has 1 aromatic heterocycles. The largest absolute Gasteiger partial charge is 0.378 e. The van der Waals surface area contributed by atoms with Gasteiger partial charge in [0.05, 0.1) is 32.0 Å². The third-order valence-corrected chi connectivity index (χ3v) is 1.99. The van der Waals surface area contributed by atoms with Crippen molar-refractivity contribution in [2.24, 2.45) is 0 Å². The summed E-state index contributed by atoms with van der Waals surface area (Å²) < 4.78 is 5.25. The molecule has 1 aromatic rings. The van der Waals surface area contributed by atoms with Crippen molar-refractivity contribution in [3.8, 4) is 0 Å². The third-order valence-electron chi connectivity index (χ3n) is 1.99. The standard InChI is InChI=1S/C8H13N3O/c1-8-2-3-11(9-8)10-4-6-12-7-5-10/h2-3H,4-7H2,1H3. The van der Waals surface area contributed by atoms with Gasteiger partial charge < -0.3 is 4.74 Å². The van der Waals surface area contributed by atoms with Crippen LogP contribution in [0.3, 0.4) is 0 Å². The zero-order chi connectivity index (χ0) is 8.39. The average Bonchev–Trinajstić information content (AvgIpc) is 2.54. The number of nitrogens with zero attached hydrogens (tertiary/aromatic N) is 3. The molecular weight excluding hydrogens is 154 g/mol. The SMILES string of the molecule is Cc1ccn(N2CCOCC2)n1. The minimum Gasteiger partial charge on any atom is -0.378 e. The molecule has 2 rings (SSSR count). The fourth-order valence-corrected chi connectivity index (χ4v) is 1.32. The Balaban J connectivity index is 2.08. The van der Waals surface area contributed by atoms with Gasteiger partial charge in [-0.3, -0.25) is 5.01 Å². The van der Waals surface area contributed by atoms with Crippen LogP contribution in [0, 0.1) is 6.92 Å². The Bertz CT molecular complexity index is 253. The van der Waals surface area contributed by atoms with Crippen LogP contribution in [0.25, 0.3) is 0 Å². The van der Waals surface area contributed by atoms with Gasteiger partial charge in [-0.2, -0.15) is 9.89 Å². The lowest BCUT2D eigenvalue weighted by Crippen LogP contribution is -2.44. The van der Waals surface area contributed by atoms with Crippen molar-refractivity contribution in [1.82, 2.24) is 9.89 Å². The van der Waals surface area contributed by atoms with E-state index in [0.717, 1.165) is 32.0 Å². The topological polar surface area (TPSA) is 30.3 Å². The Morgan fingerprint density at radius 3 is 2.75 bits per heavy atom. The zero-order valence-electron chi connectivity index (χ0n) is 7.23. The second kappa shape index (κ2) is 3.15. The molecular formula is C8H13N3O. The molecule has 4 heteroatoms. The maximum absolute atomic E-state index is 5.25. The predicted octanol–water partition coefficient (Wildman–Crippen LogP) is 0.160. The lowest BCUT2D eigenvalue weighted by atomic mass is 10.5. The van der Waals surface area contributed by atoms with Gasteiger partial charge >= 0.3 is 0 Å². The third kappa shape index (κ3) is 1.43. The Labute approximate surface area is 71.7 Å². The molecule has 1 aliphatic rings. The van der Waals surface area contributed by atoms with Gasteiger partial charge in [0.15, 0.2) is 0 Å². The van der Waals surface area contributed by atoms with Crippen molar-refractivity contribution in [2.75, 3.05) is 31.3 Å². The maximum Gasteiger partial charge on any atom is 0.0659 e. The molecule has 0 amide bonds. The van der Waals surface area contributed by atoms with Gasteiger partial charge in [-0.05, 0) is 13.0 Å². The molecule has 0 aromatic carbocycles. The molecule has 0 N–H and O–H groups in total. The second-order valence-electron chi connectivity index (χ2n) is 2.94. The van der Waals surface area contributed by atoms with Gasteiger partial charge in [-0.15, -0.1) is 0 Å². The number of aryl methyl sites for hydroxylation is 1. The summed E-state index contributed by atoms with van der Waals surface area (Å²) in [6.07, 6.45) is 1.99. The van der Waals surface area contributed by atoms with E-state index in [1.807, 2.05) is 24.0 Å². The molecule has 1 saturated heterocycles. The lowest BCUT2D eigenvalue weighted by molar-refractivity contribution is 0.109. The average molecular weight is 167 g/mol. The van der Waals surface area contributed by atoms with Crippen LogP contribution in [0.15, 0.2) is 12.3 Å². The van der Waals surface area contributed by atoms with Crippen LogP contribution < -0.4 is 5.01 Å². The van der Waals surface area contributed by atoms with Crippen LogP contribution in [0.4, 0.5) is 0 Å². The van der Waals surface area contributed by atoms with Crippen LogP contribution in [-0.4, -0.2) is 36.2 Å². The quantitative estimate of drug-likeness (QED) is 0.597. The molecule has 66 valence electrons. The number of hydrogen-bond acceptors (Lipinski definition) is 3. The molecule has 2 heterocycles.